The molecule has 0 unspecified atom stereocenters. The molecule has 0 radical (unpaired) electrons. The number of pyridine rings is 1. The lowest BCUT2D eigenvalue weighted by Crippen LogP contribution is -2.23. The maximum absolute atomic E-state index is 13.5. The molecule has 0 saturated heterocycles. The van der Waals surface area contributed by atoms with Gasteiger partial charge in [-0.2, -0.15) is 0 Å². The molecule has 3 aromatic rings. The molecule has 192 valence electrons. The number of hydrogen-bond donors (Lipinski definition) is 1. The molecule has 0 spiro atoms. The number of benzene rings is 2. The summed E-state index contributed by atoms with van der Waals surface area (Å²) in [7, 11) is 0. The van der Waals surface area contributed by atoms with E-state index in [-0.39, 0.29) is 12.5 Å². The van der Waals surface area contributed by atoms with Gasteiger partial charge in [0.15, 0.2) is 0 Å². The van der Waals surface area contributed by atoms with Gasteiger partial charge in [-0.25, -0.2) is 8.78 Å². The van der Waals surface area contributed by atoms with Crippen molar-refractivity contribution in [2.75, 3.05) is 0 Å². The second-order valence-corrected chi connectivity index (χ2v) is 9.40. The Labute approximate surface area is 217 Å². The van der Waals surface area contributed by atoms with Crippen LogP contribution in [0.4, 0.5) is 8.78 Å². The molecule has 37 heavy (non-hydrogen) atoms. The maximum atomic E-state index is 13.5. The molecule has 4 nitrogen and oxygen atoms in total. The summed E-state index contributed by atoms with van der Waals surface area (Å²) in [4.78, 5) is 17.4. The van der Waals surface area contributed by atoms with Gasteiger partial charge < -0.3 is 10.1 Å². The van der Waals surface area contributed by atoms with Gasteiger partial charge in [-0.05, 0) is 74.1 Å². The molecule has 0 aliphatic heterocycles. The van der Waals surface area contributed by atoms with Crippen molar-refractivity contribution in [3.63, 3.8) is 0 Å². The highest BCUT2D eigenvalue weighted by molar-refractivity contribution is 5.96. The zero-order valence-corrected chi connectivity index (χ0v) is 21.3. The van der Waals surface area contributed by atoms with Crippen molar-refractivity contribution in [3.8, 4) is 11.5 Å². The summed E-state index contributed by atoms with van der Waals surface area (Å²) in [5, 5.41) is 2.72. The smallest absolute Gasteiger partial charge is 0.251 e. The SMILES string of the molecule is C/C=C\C(=C/CCC1CCC1)c1cc(Oc2cccc(C(=O)NCc3cc(F)cc(F)c3)c2C)ccn1. The predicted octanol–water partition coefficient (Wildman–Crippen LogP) is 7.93. The number of nitrogens with one attached hydrogen (secondary N) is 1. The van der Waals surface area contributed by atoms with Crippen LogP contribution in [0.1, 0.15) is 66.2 Å². The first-order valence-electron chi connectivity index (χ1n) is 12.7. The molecule has 1 saturated carbocycles. The number of halogens is 2. The minimum Gasteiger partial charge on any atom is -0.457 e. The molecule has 1 amide bonds. The molecule has 0 bridgehead atoms. The van der Waals surface area contributed by atoms with Crippen molar-refractivity contribution in [1.29, 1.82) is 0 Å². The van der Waals surface area contributed by atoms with Crippen LogP contribution in [0.5, 0.6) is 11.5 Å². The van der Waals surface area contributed by atoms with Gasteiger partial charge in [-0.15, -0.1) is 0 Å². The second-order valence-electron chi connectivity index (χ2n) is 9.40. The summed E-state index contributed by atoms with van der Waals surface area (Å²) >= 11 is 0. The Hall–Kier alpha value is -3.80. The van der Waals surface area contributed by atoms with E-state index >= 15 is 0 Å². The Morgan fingerprint density at radius 2 is 1.92 bits per heavy atom. The van der Waals surface area contributed by atoms with Crippen LogP contribution in [0.25, 0.3) is 5.57 Å². The lowest BCUT2D eigenvalue weighted by Gasteiger charge is -2.24. The number of hydrogen-bond acceptors (Lipinski definition) is 3. The molecule has 1 aliphatic rings. The van der Waals surface area contributed by atoms with Gasteiger partial charge in [0, 0.05) is 36.0 Å². The Morgan fingerprint density at radius 1 is 1.14 bits per heavy atom. The van der Waals surface area contributed by atoms with E-state index in [1.807, 2.05) is 19.1 Å². The Morgan fingerprint density at radius 3 is 2.62 bits per heavy atom. The van der Waals surface area contributed by atoms with Crippen LogP contribution in [0, 0.1) is 24.5 Å². The molecule has 1 heterocycles. The van der Waals surface area contributed by atoms with Crippen LogP contribution in [0.2, 0.25) is 0 Å². The summed E-state index contributed by atoms with van der Waals surface area (Å²) in [5.74, 6) is 0.302. The molecule has 2 aromatic carbocycles. The number of allylic oxidation sites excluding steroid dienone is 4. The van der Waals surface area contributed by atoms with E-state index in [4.69, 9.17) is 4.74 Å². The number of carbonyl (C=O) groups is 1. The minimum absolute atomic E-state index is 0.00651. The fourth-order valence-corrected chi connectivity index (χ4v) is 4.41. The van der Waals surface area contributed by atoms with Crippen LogP contribution >= 0.6 is 0 Å². The first kappa shape index (κ1) is 26.3. The lowest BCUT2D eigenvalue weighted by atomic mass is 9.82. The first-order chi connectivity index (χ1) is 17.9. The van der Waals surface area contributed by atoms with Crippen LogP contribution in [0.3, 0.4) is 0 Å². The van der Waals surface area contributed by atoms with Gasteiger partial charge in [-0.1, -0.05) is 43.6 Å². The Kier molecular flexibility index (Phi) is 8.83. The topological polar surface area (TPSA) is 51.2 Å². The van der Waals surface area contributed by atoms with Gasteiger partial charge in [0.2, 0.25) is 0 Å². The van der Waals surface area contributed by atoms with E-state index in [2.05, 4.69) is 22.5 Å². The van der Waals surface area contributed by atoms with E-state index in [0.717, 1.165) is 29.7 Å². The second kappa shape index (κ2) is 12.4. The maximum Gasteiger partial charge on any atom is 0.251 e. The first-order valence-corrected chi connectivity index (χ1v) is 12.7. The largest absolute Gasteiger partial charge is 0.457 e. The Bertz CT molecular complexity index is 1290. The average molecular weight is 503 g/mol. The van der Waals surface area contributed by atoms with Crippen molar-refractivity contribution in [2.45, 2.75) is 52.5 Å². The monoisotopic (exact) mass is 502 g/mol. The van der Waals surface area contributed by atoms with Crippen LogP contribution < -0.4 is 10.1 Å². The van der Waals surface area contributed by atoms with Crippen LogP contribution in [-0.4, -0.2) is 10.9 Å². The quantitative estimate of drug-likeness (QED) is 0.286. The lowest BCUT2D eigenvalue weighted by molar-refractivity contribution is 0.0950. The van der Waals surface area contributed by atoms with Crippen LogP contribution in [0.15, 0.2) is 73.0 Å². The van der Waals surface area contributed by atoms with Crippen molar-refractivity contribution >= 4 is 11.5 Å². The molecular formula is C31H32F2N2O2. The molecule has 1 aliphatic carbocycles. The third-order valence-electron chi connectivity index (χ3n) is 6.67. The highest BCUT2D eigenvalue weighted by Gasteiger charge is 2.16. The van der Waals surface area contributed by atoms with Gasteiger partial charge >= 0.3 is 0 Å². The minimum atomic E-state index is -0.682. The number of ether oxygens (including phenoxy) is 1. The molecule has 1 N–H and O–H groups in total. The summed E-state index contributed by atoms with van der Waals surface area (Å²) in [5.41, 5.74) is 3.32. The van der Waals surface area contributed by atoms with E-state index in [1.165, 1.54) is 37.8 Å². The van der Waals surface area contributed by atoms with Gasteiger partial charge in [-0.3, -0.25) is 9.78 Å². The molecule has 1 aromatic heterocycles. The number of aromatic nitrogens is 1. The van der Waals surface area contributed by atoms with Crippen LogP contribution in [-0.2, 0) is 6.54 Å². The summed E-state index contributed by atoms with van der Waals surface area (Å²) in [6, 6.07) is 12.1. The highest BCUT2D eigenvalue weighted by Crippen LogP contribution is 2.32. The summed E-state index contributed by atoms with van der Waals surface area (Å²) in [6.45, 7) is 3.80. The molecular weight excluding hydrogens is 470 g/mol. The molecule has 0 atom stereocenters. The Balaban J connectivity index is 1.46. The van der Waals surface area contributed by atoms with Crippen molar-refractivity contribution < 1.29 is 18.3 Å². The summed E-state index contributed by atoms with van der Waals surface area (Å²) in [6.07, 6.45) is 14.3. The molecule has 1 fully saturated rings. The number of nitrogens with zero attached hydrogens (tertiary/aromatic N) is 1. The average Bonchev–Trinajstić information content (AvgIpc) is 2.84. The van der Waals surface area contributed by atoms with Crippen molar-refractivity contribution in [2.24, 2.45) is 5.92 Å². The number of amides is 1. The number of carbonyl (C=O) groups excluding carboxylic acids is 1. The molecule has 4 rings (SSSR count). The fourth-order valence-electron chi connectivity index (χ4n) is 4.41. The standard InChI is InChI=1S/C31H32F2N2O2/c1-3-7-24(11-5-10-22-8-4-9-22)29-19-27(14-15-34-29)37-30-13-6-12-28(21(30)2)31(36)35-20-23-16-25(32)18-26(33)17-23/h3,6-7,11-19,22H,4-5,8-10,20H2,1-2H3,(H,35,36)/b7-3-,24-11+. The predicted molar refractivity (Wildman–Crippen MR) is 142 cm³/mol. The van der Waals surface area contributed by atoms with E-state index in [9.17, 15) is 13.6 Å². The number of rotatable bonds is 10. The molecule has 6 heteroatoms. The fraction of sp³-hybridized carbons (Fsp3) is 0.290. The summed E-state index contributed by atoms with van der Waals surface area (Å²) < 4.78 is 33.1. The van der Waals surface area contributed by atoms with Gasteiger partial charge in [0.25, 0.3) is 5.91 Å². The highest BCUT2D eigenvalue weighted by atomic mass is 19.1. The van der Waals surface area contributed by atoms with E-state index in [1.54, 1.807) is 37.4 Å². The third kappa shape index (κ3) is 7.13. The normalized spacial score (nSPS) is 14.0. The van der Waals surface area contributed by atoms with E-state index in [0.29, 0.717) is 28.2 Å². The third-order valence-corrected chi connectivity index (χ3v) is 6.67. The van der Waals surface area contributed by atoms with Crippen molar-refractivity contribution in [3.05, 3.63) is 107 Å². The van der Waals surface area contributed by atoms with E-state index < -0.39 is 11.6 Å². The van der Waals surface area contributed by atoms with Gasteiger partial charge in [0.1, 0.15) is 23.1 Å². The van der Waals surface area contributed by atoms with Gasteiger partial charge in [0.05, 0.1) is 5.69 Å². The zero-order chi connectivity index (χ0) is 26.2. The van der Waals surface area contributed by atoms with Crippen molar-refractivity contribution in [1.82, 2.24) is 10.3 Å². The zero-order valence-electron chi connectivity index (χ0n) is 21.3.